The van der Waals surface area contributed by atoms with Crippen LogP contribution in [0.1, 0.15) is 17.9 Å². The number of allylic oxidation sites excluding steroid dienone is 1. The number of hydrogen-bond acceptors (Lipinski definition) is 12. The van der Waals surface area contributed by atoms with Gasteiger partial charge >= 0.3 is 0 Å². The molecular formula is C31H44N2O11S2. The van der Waals surface area contributed by atoms with Crippen molar-refractivity contribution < 1.29 is 51.5 Å². The molecule has 1 saturated heterocycles. The average molecular weight is 685 g/mol. The number of sulfonamides is 1. The summed E-state index contributed by atoms with van der Waals surface area (Å²) >= 11 is 1.56. The van der Waals surface area contributed by atoms with Gasteiger partial charge in [0, 0.05) is 38.5 Å². The number of nitrogens with zero attached hydrogens (tertiary/aromatic N) is 2. The predicted octanol–water partition coefficient (Wildman–Crippen LogP) is 2.08. The second-order valence-electron chi connectivity index (χ2n) is 10.4. The molecule has 1 aromatic heterocycles. The van der Waals surface area contributed by atoms with Crippen molar-refractivity contribution >= 4 is 27.3 Å². The Morgan fingerprint density at radius 3 is 2.15 bits per heavy atom. The molecule has 2 aliphatic rings. The molecule has 2 atom stereocenters. The fourth-order valence-electron chi connectivity index (χ4n) is 4.86. The third kappa shape index (κ3) is 11.0. The molecule has 0 aliphatic carbocycles. The molecule has 46 heavy (non-hydrogen) atoms. The van der Waals surface area contributed by atoms with E-state index in [4.69, 9.17) is 33.2 Å². The van der Waals surface area contributed by atoms with Gasteiger partial charge in [-0.1, -0.05) is 0 Å². The van der Waals surface area contributed by atoms with Crippen molar-refractivity contribution in [3.8, 4) is 5.75 Å². The number of rotatable bonds is 11. The number of carbonyl (C=O) groups is 1. The van der Waals surface area contributed by atoms with E-state index < -0.39 is 16.3 Å². The van der Waals surface area contributed by atoms with Gasteiger partial charge in [0.1, 0.15) is 5.75 Å². The molecule has 256 valence electrons. The highest BCUT2D eigenvalue weighted by atomic mass is 32.2. The number of carbonyl (C=O) groups excluding carboxylic acids is 1. The average Bonchev–Trinajstić information content (AvgIpc) is 3.61. The molecule has 1 aromatic carbocycles. The number of amides is 1. The van der Waals surface area contributed by atoms with Gasteiger partial charge in [0.05, 0.1) is 78.1 Å². The number of hydrogen-bond donors (Lipinski definition) is 1. The quantitative estimate of drug-likeness (QED) is 0.372. The van der Waals surface area contributed by atoms with Gasteiger partial charge in [-0.3, -0.25) is 4.79 Å². The smallest absolute Gasteiger partial charge is 0.288 e. The number of benzene rings is 1. The van der Waals surface area contributed by atoms with Crippen molar-refractivity contribution in [2.75, 3.05) is 99.4 Å². The van der Waals surface area contributed by atoms with Crippen molar-refractivity contribution in [1.82, 2.24) is 9.21 Å². The van der Waals surface area contributed by atoms with Crippen molar-refractivity contribution in [1.29, 1.82) is 0 Å². The molecule has 1 N–H and O–H groups in total. The van der Waals surface area contributed by atoms with E-state index in [2.05, 4.69) is 0 Å². The summed E-state index contributed by atoms with van der Waals surface area (Å²) in [5.41, 5.74) is 1.03. The monoisotopic (exact) mass is 684 g/mol. The van der Waals surface area contributed by atoms with Crippen LogP contribution in [-0.4, -0.2) is 134 Å². The van der Waals surface area contributed by atoms with Gasteiger partial charge < -0.3 is 43.2 Å². The molecule has 2 unspecified atom stereocenters. The lowest BCUT2D eigenvalue weighted by molar-refractivity contribution is -0.153. The lowest BCUT2D eigenvalue weighted by atomic mass is 9.95. The largest absolute Gasteiger partial charge is 0.497 e. The summed E-state index contributed by atoms with van der Waals surface area (Å²) in [7, 11) is -2.41. The lowest BCUT2D eigenvalue weighted by Gasteiger charge is -2.32. The van der Waals surface area contributed by atoms with E-state index in [1.807, 2.05) is 22.9 Å². The maximum atomic E-state index is 13.8. The Balaban J connectivity index is 1.42. The molecule has 0 radical (unpaired) electrons. The first kappa shape index (κ1) is 36.2. The highest BCUT2D eigenvalue weighted by Crippen LogP contribution is 2.33. The minimum atomic E-state index is -3.91. The van der Waals surface area contributed by atoms with E-state index in [0.29, 0.717) is 78.1 Å². The number of aliphatic hydroxyl groups excluding tert-OH is 1. The molecule has 2 aromatic rings. The van der Waals surface area contributed by atoms with E-state index in [-0.39, 0.29) is 48.8 Å². The van der Waals surface area contributed by atoms with Crippen molar-refractivity contribution in [3.05, 3.63) is 58.5 Å². The number of aliphatic hydroxyl groups is 1. The standard InChI is InChI=1S/C31H44N2O11S2/c1-38-27-2-4-28(5-3-27)46(36,37)33(7-11-34)10-14-43-30-23-26(25-6-21-45-24-25)22-29(44-30)31(35)32-8-12-39-15-17-41-19-20-42-18-16-40-13-9-32/h2-6,21-22,24,26,30,34H,7-20,23H2,1H3. The Kier molecular flexibility index (Phi) is 15.2. The lowest BCUT2D eigenvalue weighted by Crippen LogP contribution is -2.41. The predicted molar refractivity (Wildman–Crippen MR) is 169 cm³/mol. The zero-order valence-electron chi connectivity index (χ0n) is 26.1. The fourth-order valence-corrected chi connectivity index (χ4v) is 7.00. The summed E-state index contributed by atoms with van der Waals surface area (Å²) in [6, 6.07) is 8.04. The van der Waals surface area contributed by atoms with Crippen LogP contribution in [0.5, 0.6) is 5.75 Å². The van der Waals surface area contributed by atoms with Gasteiger partial charge in [-0.05, 0) is 52.7 Å². The summed E-state index contributed by atoms with van der Waals surface area (Å²) in [5, 5.41) is 13.6. The number of thiophene rings is 1. The summed E-state index contributed by atoms with van der Waals surface area (Å²) in [4.78, 5) is 15.5. The summed E-state index contributed by atoms with van der Waals surface area (Å²) in [5.74, 6) is 0.213. The summed E-state index contributed by atoms with van der Waals surface area (Å²) < 4.78 is 67.4. The molecule has 0 saturated carbocycles. The Labute approximate surface area is 274 Å². The maximum absolute atomic E-state index is 13.8. The highest BCUT2D eigenvalue weighted by molar-refractivity contribution is 7.89. The molecule has 3 heterocycles. The van der Waals surface area contributed by atoms with Gasteiger partial charge in [-0.25, -0.2) is 8.42 Å². The second kappa shape index (κ2) is 19.3. The minimum Gasteiger partial charge on any atom is -0.497 e. The first-order chi connectivity index (χ1) is 22.4. The van der Waals surface area contributed by atoms with Crippen molar-refractivity contribution in [3.63, 3.8) is 0 Å². The van der Waals surface area contributed by atoms with Crippen LogP contribution in [0.2, 0.25) is 0 Å². The molecule has 1 fully saturated rings. The highest BCUT2D eigenvalue weighted by Gasteiger charge is 2.32. The Morgan fingerprint density at radius 2 is 1.59 bits per heavy atom. The van der Waals surface area contributed by atoms with Gasteiger partial charge in [0.15, 0.2) is 5.76 Å². The molecule has 4 rings (SSSR count). The van der Waals surface area contributed by atoms with Crippen LogP contribution in [0, 0.1) is 0 Å². The van der Waals surface area contributed by atoms with Crippen LogP contribution < -0.4 is 4.74 Å². The Morgan fingerprint density at radius 1 is 0.957 bits per heavy atom. The van der Waals surface area contributed by atoms with Gasteiger partial charge in [0.25, 0.3) is 5.91 Å². The molecular weight excluding hydrogens is 640 g/mol. The molecule has 15 heteroatoms. The van der Waals surface area contributed by atoms with Gasteiger partial charge in [-0.2, -0.15) is 15.6 Å². The van der Waals surface area contributed by atoms with E-state index in [1.54, 1.807) is 28.4 Å². The first-order valence-corrected chi connectivity index (χ1v) is 17.7. The number of methoxy groups -OCH3 is 1. The van der Waals surface area contributed by atoms with Crippen molar-refractivity contribution in [2.24, 2.45) is 0 Å². The van der Waals surface area contributed by atoms with Crippen LogP contribution in [0.15, 0.2) is 57.8 Å². The molecule has 2 aliphatic heterocycles. The van der Waals surface area contributed by atoms with Gasteiger partial charge in [0.2, 0.25) is 16.3 Å². The van der Waals surface area contributed by atoms with E-state index in [9.17, 15) is 18.3 Å². The third-order valence-electron chi connectivity index (χ3n) is 7.34. The van der Waals surface area contributed by atoms with E-state index in [1.165, 1.54) is 19.2 Å². The Hall–Kier alpha value is -2.60. The first-order valence-electron chi connectivity index (χ1n) is 15.3. The minimum absolute atomic E-state index is 0.0204. The second-order valence-corrected chi connectivity index (χ2v) is 13.1. The summed E-state index contributed by atoms with van der Waals surface area (Å²) in [6.45, 7) is 3.38. The van der Waals surface area contributed by atoms with Crippen LogP contribution in [0.25, 0.3) is 0 Å². The fraction of sp³-hybridized carbons (Fsp3) is 0.581. The van der Waals surface area contributed by atoms with Crippen LogP contribution in [0.4, 0.5) is 0 Å². The third-order valence-corrected chi connectivity index (χ3v) is 9.96. The zero-order valence-corrected chi connectivity index (χ0v) is 27.8. The van der Waals surface area contributed by atoms with Gasteiger partial charge in [-0.15, -0.1) is 0 Å². The Bertz CT molecular complexity index is 1290. The normalized spacial score (nSPS) is 21.1. The van der Waals surface area contributed by atoms with Crippen LogP contribution >= 0.6 is 11.3 Å². The SMILES string of the molecule is COc1ccc(S(=O)(=O)N(CCO)CCOC2CC(c3ccsc3)C=C(C(=O)N3CCOCCOCCOCCOCC3)O2)cc1. The number of ether oxygens (including phenoxy) is 7. The zero-order chi connectivity index (χ0) is 32.6. The van der Waals surface area contributed by atoms with E-state index in [0.717, 1.165) is 9.87 Å². The van der Waals surface area contributed by atoms with E-state index >= 15 is 0 Å². The maximum Gasteiger partial charge on any atom is 0.288 e. The van der Waals surface area contributed by atoms with Crippen LogP contribution in [0.3, 0.4) is 0 Å². The topological polar surface area (TPSA) is 143 Å². The molecule has 0 bridgehead atoms. The molecule has 13 nitrogen and oxygen atoms in total. The summed E-state index contributed by atoms with van der Waals surface area (Å²) in [6.07, 6.45) is 1.44. The molecule has 1 amide bonds. The van der Waals surface area contributed by atoms with Crippen molar-refractivity contribution in [2.45, 2.75) is 23.5 Å². The van der Waals surface area contributed by atoms with Crippen LogP contribution in [-0.2, 0) is 43.2 Å². The molecule has 0 spiro atoms.